The molecular formula is C54H62BN. The fraction of sp³-hybridized carbons (Fsp3) is 0.370. The fourth-order valence-electron chi connectivity index (χ4n) is 9.39. The lowest BCUT2D eigenvalue weighted by Crippen LogP contribution is -2.59. The highest BCUT2D eigenvalue weighted by molar-refractivity contribution is 6.98. The van der Waals surface area contributed by atoms with Gasteiger partial charge in [-0.25, -0.2) is 0 Å². The van der Waals surface area contributed by atoms with Gasteiger partial charge < -0.3 is 4.90 Å². The van der Waals surface area contributed by atoms with Crippen molar-refractivity contribution in [1.82, 2.24) is 0 Å². The van der Waals surface area contributed by atoms with Gasteiger partial charge in [0.15, 0.2) is 0 Å². The molecule has 6 aromatic carbocycles. The van der Waals surface area contributed by atoms with Crippen LogP contribution in [0.2, 0.25) is 0 Å². The van der Waals surface area contributed by atoms with Gasteiger partial charge in [0.25, 0.3) is 0 Å². The molecule has 6 aromatic rings. The summed E-state index contributed by atoms with van der Waals surface area (Å²) in [5.74, 6) is 0.385. The van der Waals surface area contributed by atoms with Crippen LogP contribution in [0.25, 0.3) is 10.8 Å². The van der Waals surface area contributed by atoms with Crippen molar-refractivity contribution in [3.8, 4) is 0 Å². The summed E-state index contributed by atoms with van der Waals surface area (Å²) < 4.78 is 0. The molecule has 2 aliphatic rings. The van der Waals surface area contributed by atoms with Crippen LogP contribution >= 0.6 is 0 Å². The molecule has 0 fully saturated rings. The molecular weight excluding hydrogens is 673 g/mol. The third-order valence-electron chi connectivity index (χ3n) is 12.9. The number of aryl methyl sites for hydroxylation is 1. The number of rotatable bonds is 2. The van der Waals surface area contributed by atoms with Gasteiger partial charge in [0.05, 0.1) is 0 Å². The van der Waals surface area contributed by atoms with Gasteiger partial charge in [-0.15, -0.1) is 0 Å². The minimum Gasteiger partial charge on any atom is -0.312 e. The molecule has 2 aliphatic heterocycles. The minimum absolute atomic E-state index is 0.00999. The first kappa shape index (κ1) is 38.3. The number of hydrogen-bond acceptors (Lipinski definition) is 1. The van der Waals surface area contributed by atoms with Crippen molar-refractivity contribution in [3.63, 3.8) is 0 Å². The van der Waals surface area contributed by atoms with E-state index in [0.29, 0.717) is 5.92 Å². The van der Waals surface area contributed by atoms with E-state index in [1.54, 1.807) is 0 Å². The molecule has 0 aliphatic carbocycles. The van der Waals surface area contributed by atoms with Gasteiger partial charge in [-0.1, -0.05) is 191 Å². The Morgan fingerprint density at radius 1 is 0.500 bits per heavy atom. The lowest BCUT2D eigenvalue weighted by atomic mass is 9.33. The summed E-state index contributed by atoms with van der Waals surface area (Å²) in [6, 6.07) is 45.5. The minimum atomic E-state index is -0.00999. The van der Waals surface area contributed by atoms with Crippen molar-refractivity contribution < 1.29 is 0 Å². The predicted octanol–water partition coefficient (Wildman–Crippen LogP) is 12.6. The van der Waals surface area contributed by atoms with Gasteiger partial charge in [-0.2, -0.15) is 0 Å². The molecule has 0 saturated carbocycles. The van der Waals surface area contributed by atoms with E-state index in [4.69, 9.17) is 0 Å². The summed E-state index contributed by atoms with van der Waals surface area (Å²) in [5, 5.41) is 2.72. The molecule has 0 radical (unpaired) electrons. The standard InChI is InChI=1S/C54H62BN/c1-51(2,3)39-24-27-43(28-25-39)56-48-29-26-41(53(7,8)9)33-47(48)55-46-32-40(52(4,5)6)23-22-37(46)30-36(45-19-15-17-35-16-13-14-18-44(35)45)20-21-38-31-42(54(10,11)12)34-49(56)50(38)55/h13-19,22-29,31-34,36H,20-21,30H2,1-12H3. The third kappa shape index (κ3) is 6.93. The van der Waals surface area contributed by atoms with E-state index < -0.39 is 0 Å². The van der Waals surface area contributed by atoms with Gasteiger partial charge in [0, 0.05) is 17.1 Å². The van der Waals surface area contributed by atoms with Crippen LogP contribution in [-0.4, -0.2) is 6.71 Å². The maximum atomic E-state index is 2.62. The lowest BCUT2D eigenvalue weighted by molar-refractivity contribution is 0.586. The topological polar surface area (TPSA) is 3.24 Å². The van der Waals surface area contributed by atoms with Crippen molar-refractivity contribution in [2.45, 2.75) is 130 Å². The molecule has 0 spiro atoms. The zero-order chi connectivity index (χ0) is 39.9. The molecule has 2 heteroatoms. The van der Waals surface area contributed by atoms with Crippen molar-refractivity contribution >= 4 is 50.9 Å². The molecule has 0 bridgehead atoms. The molecule has 1 unspecified atom stereocenters. The first-order valence-electron chi connectivity index (χ1n) is 21.1. The van der Waals surface area contributed by atoms with Gasteiger partial charge in [0.2, 0.25) is 6.71 Å². The van der Waals surface area contributed by atoms with Crippen molar-refractivity contribution in [3.05, 3.63) is 154 Å². The molecule has 56 heavy (non-hydrogen) atoms. The smallest absolute Gasteiger partial charge is 0.247 e. The van der Waals surface area contributed by atoms with Gasteiger partial charge in [-0.05, 0) is 121 Å². The summed E-state index contributed by atoms with van der Waals surface area (Å²) in [4.78, 5) is 2.62. The van der Waals surface area contributed by atoms with E-state index in [1.807, 2.05) is 0 Å². The van der Waals surface area contributed by atoms with Crippen molar-refractivity contribution in [2.75, 3.05) is 4.90 Å². The molecule has 0 N–H and O–H groups in total. The second-order valence-corrected chi connectivity index (χ2v) is 21.1. The van der Waals surface area contributed by atoms with Gasteiger partial charge in [-0.3, -0.25) is 0 Å². The summed E-state index contributed by atoms with van der Waals surface area (Å²) in [6.45, 7) is 28.4. The first-order chi connectivity index (χ1) is 26.3. The van der Waals surface area contributed by atoms with E-state index in [9.17, 15) is 0 Å². The zero-order valence-electron chi connectivity index (χ0n) is 36.2. The van der Waals surface area contributed by atoms with Crippen molar-refractivity contribution in [2.24, 2.45) is 0 Å². The van der Waals surface area contributed by atoms with E-state index in [2.05, 4.69) is 203 Å². The summed E-state index contributed by atoms with van der Waals surface area (Å²) in [7, 11) is 0. The predicted molar refractivity (Wildman–Crippen MR) is 246 cm³/mol. The fourth-order valence-corrected chi connectivity index (χ4v) is 9.39. The van der Waals surface area contributed by atoms with E-state index >= 15 is 0 Å². The molecule has 286 valence electrons. The lowest BCUT2D eigenvalue weighted by Gasteiger charge is -2.41. The quantitative estimate of drug-likeness (QED) is 0.160. The number of hydrogen-bond donors (Lipinski definition) is 0. The first-order valence-corrected chi connectivity index (χ1v) is 21.1. The molecule has 0 aromatic heterocycles. The maximum Gasteiger partial charge on any atom is 0.247 e. The molecule has 0 saturated heterocycles. The molecule has 0 amide bonds. The Balaban J connectivity index is 1.47. The second-order valence-electron chi connectivity index (χ2n) is 21.1. The second kappa shape index (κ2) is 13.5. The average molecular weight is 736 g/mol. The molecule has 1 atom stereocenters. The largest absolute Gasteiger partial charge is 0.312 e. The summed E-state index contributed by atoms with van der Waals surface area (Å²) in [6.07, 6.45) is 3.14. The SMILES string of the molecule is CC(C)(C)c1ccc(N2c3ccc(C(C)(C)C)cc3B3c4cc(C(C)(C)C)ccc4CC(c4cccc5ccccc45)CCc4cc(C(C)(C)C)cc2c43)cc1. The molecule has 1 nitrogen and oxygen atoms in total. The van der Waals surface area contributed by atoms with Gasteiger partial charge >= 0.3 is 0 Å². The van der Waals surface area contributed by atoms with Gasteiger partial charge in [0.1, 0.15) is 0 Å². The number of fused-ring (bicyclic) bond motifs is 5. The summed E-state index contributed by atoms with van der Waals surface area (Å²) >= 11 is 0. The average Bonchev–Trinajstić information content (AvgIpc) is 3.20. The van der Waals surface area contributed by atoms with Crippen LogP contribution in [0.4, 0.5) is 17.1 Å². The maximum absolute atomic E-state index is 2.62. The Bertz CT molecular complexity index is 2430. The third-order valence-corrected chi connectivity index (χ3v) is 12.9. The molecule has 2 heterocycles. The van der Waals surface area contributed by atoms with Crippen LogP contribution in [0, 0.1) is 0 Å². The van der Waals surface area contributed by atoms with Crippen LogP contribution < -0.4 is 21.3 Å². The van der Waals surface area contributed by atoms with Crippen LogP contribution in [-0.2, 0) is 34.5 Å². The van der Waals surface area contributed by atoms with E-state index in [-0.39, 0.29) is 28.4 Å². The highest BCUT2D eigenvalue weighted by Crippen LogP contribution is 2.43. The number of benzene rings is 6. The van der Waals surface area contributed by atoms with Crippen LogP contribution in [0.15, 0.2) is 115 Å². The number of nitrogens with zero attached hydrogens (tertiary/aromatic N) is 1. The number of anilines is 3. The Kier molecular flexibility index (Phi) is 9.27. The van der Waals surface area contributed by atoms with Crippen molar-refractivity contribution in [1.29, 1.82) is 0 Å². The van der Waals surface area contributed by atoms with Crippen LogP contribution in [0.3, 0.4) is 0 Å². The summed E-state index contributed by atoms with van der Waals surface area (Å²) in [5.41, 5.74) is 18.4. The highest BCUT2D eigenvalue weighted by Gasteiger charge is 2.41. The van der Waals surface area contributed by atoms with Crippen LogP contribution in [0.1, 0.15) is 134 Å². The Morgan fingerprint density at radius 2 is 1.09 bits per heavy atom. The van der Waals surface area contributed by atoms with Crippen LogP contribution in [0.5, 0.6) is 0 Å². The monoisotopic (exact) mass is 735 g/mol. The van der Waals surface area contributed by atoms with E-state index in [1.165, 1.54) is 83.2 Å². The normalized spacial score (nSPS) is 16.1. The highest BCUT2D eigenvalue weighted by atomic mass is 15.1. The molecule has 8 rings (SSSR count). The Morgan fingerprint density at radius 3 is 1.75 bits per heavy atom. The van der Waals surface area contributed by atoms with E-state index in [0.717, 1.165) is 19.3 Å². The zero-order valence-corrected chi connectivity index (χ0v) is 36.2. The Hall–Kier alpha value is -4.56. The Labute approximate surface area is 338 Å².